The molecule has 0 aromatic heterocycles. The van der Waals surface area contributed by atoms with Gasteiger partial charge in [-0.15, -0.1) is 0 Å². The number of ether oxygens (including phenoxy) is 1. The molecule has 0 saturated carbocycles. The van der Waals surface area contributed by atoms with E-state index in [2.05, 4.69) is 5.32 Å². The summed E-state index contributed by atoms with van der Waals surface area (Å²) in [6.45, 7) is 3.16. The second-order valence-corrected chi connectivity index (χ2v) is 5.26. The molecule has 0 atom stereocenters. The Kier molecular flexibility index (Phi) is 6.60. The molecular formula is C19H22FNO2. The van der Waals surface area contributed by atoms with E-state index in [0.717, 1.165) is 24.2 Å². The molecule has 2 aromatic rings. The minimum absolute atomic E-state index is 0.0716. The number of benzene rings is 2. The Morgan fingerprint density at radius 2 is 1.78 bits per heavy atom. The lowest BCUT2D eigenvalue weighted by atomic mass is 10.1. The number of hydrogen-bond donors (Lipinski definition) is 1. The lowest BCUT2D eigenvalue weighted by Gasteiger charge is -2.10. The van der Waals surface area contributed by atoms with Gasteiger partial charge in [0, 0.05) is 6.54 Å². The molecule has 0 bridgehead atoms. The predicted molar refractivity (Wildman–Crippen MR) is 89.0 cm³/mol. The lowest BCUT2D eigenvalue weighted by Crippen LogP contribution is -2.26. The fourth-order valence-corrected chi connectivity index (χ4v) is 2.39. The van der Waals surface area contributed by atoms with Crippen LogP contribution in [-0.4, -0.2) is 19.1 Å². The van der Waals surface area contributed by atoms with Gasteiger partial charge in [0.05, 0.1) is 13.0 Å². The number of halogens is 1. The number of para-hydroxylation sites is 1. The van der Waals surface area contributed by atoms with Crippen LogP contribution in [0.2, 0.25) is 0 Å². The SMILES string of the molecule is CCOc1ccccc1CCCNC(=O)Cc1ccccc1F. The summed E-state index contributed by atoms with van der Waals surface area (Å²) in [7, 11) is 0. The Balaban J connectivity index is 1.75. The summed E-state index contributed by atoms with van der Waals surface area (Å²) < 4.78 is 19.1. The molecule has 4 heteroatoms. The van der Waals surface area contributed by atoms with Crippen LogP contribution in [0, 0.1) is 5.82 Å². The summed E-state index contributed by atoms with van der Waals surface area (Å²) in [5.74, 6) is 0.397. The summed E-state index contributed by atoms with van der Waals surface area (Å²) in [6.07, 6.45) is 1.71. The first-order valence-corrected chi connectivity index (χ1v) is 7.91. The monoisotopic (exact) mass is 315 g/mol. The van der Waals surface area contributed by atoms with E-state index in [4.69, 9.17) is 4.74 Å². The summed E-state index contributed by atoms with van der Waals surface area (Å²) in [5.41, 5.74) is 1.56. The third kappa shape index (κ3) is 5.40. The van der Waals surface area contributed by atoms with Crippen molar-refractivity contribution in [1.29, 1.82) is 0 Å². The first-order valence-electron chi connectivity index (χ1n) is 7.91. The van der Waals surface area contributed by atoms with Crippen molar-refractivity contribution < 1.29 is 13.9 Å². The number of hydrogen-bond acceptors (Lipinski definition) is 2. The molecule has 0 aliphatic heterocycles. The standard InChI is InChI=1S/C19H22FNO2/c1-2-23-18-12-6-4-8-15(18)10-7-13-21-19(22)14-16-9-3-5-11-17(16)20/h3-6,8-9,11-12H,2,7,10,13-14H2,1H3,(H,21,22). The normalized spacial score (nSPS) is 10.3. The molecule has 122 valence electrons. The van der Waals surface area contributed by atoms with Crippen molar-refractivity contribution in [3.05, 3.63) is 65.5 Å². The molecule has 3 nitrogen and oxygen atoms in total. The zero-order chi connectivity index (χ0) is 16.5. The van der Waals surface area contributed by atoms with E-state index in [1.54, 1.807) is 18.2 Å². The molecule has 1 N–H and O–H groups in total. The van der Waals surface area contributed by atoms with Gasteiger partial charge in [0.25, 0.3) is 0 Å². The molecular weight excluding hydrogens is 293 g/mol. The van der Waals surface area contributed by atoms with Gasteiger partial charge in [0.1, 0.15) is 11.6 Å². The first-order chi connectivity index (χ1) is 11.2. The number of amides is 1. The molecule has 0 heterocycles. The van der Waals surface area contributed by atoms with E-state index >= 15 is 0 Å². The van der Waals surface area contributed by atoms with Crippen LogP contribution >= 0.6 is 0 Å². The molecule has 0 aliphatic rings. The third-order valence-corrected chi connectivity index (χ3v) is 3.53. The zero-order valence-electron chi connectivity index (χ0n) is 13.3. The van der Waals surface area contributed by atoms with Crippen LogP contribution in [0.15, 0.2) is 48.5 Å². The van der Waals surface area contributed by atoms with Crippen molar-refractivity contribution in [2.75, 3.05) is 13.2 Å². The molecule has 1 amide bonds. The average Bonchev–Trinajstić information content (AvgIpc) is 2.55. The molecule has 0 unspecified atom stereocenters. The van der Waals surface area contributed by atoms with Crippen LogP contribution in [0.3, 0.4) is 0 Å². The Labute approximate surface area is 136 Å². The summed E-state index contributed by atoms with van der Waals surface area (Å²) >= 11 is 0. The summed E-state index contributed by atoms with van der Waals surface area (Å²) in [4.78, 5) is 11.8. The Hall–Kier alpha value is -2.36. The van der Waals surface area contributed by atoms with Gasteiger partial charge in [-0.25, -0.2) is 4.39 Å². The molecule has 0 saturated heterocycles. The van der Waals surface area contributed by atoms with Crippen molar-refractivity contribution in [2.45, 2.75) is 26.2 Å². The highest BCUT2D eigenvalue weighted by atomic mass is 19.1. The highest BCUT2D eigenvalue weighted by Gasteiger charge is 2.07. The second-order valence-electron chi connectivity index (χ2n) is 5.26. The fourth-order valence-electron chi connectivity index (χ4n) is 2.39. The molecule has 0 radical (unpaired) electrons. The summed E-state index contributed by atoms with van der Waals surface area (Å²) in [6, 6.07) is 14.3. The van der Waals surface area contributed by atoms with Crippen LogP contribution in [0.5, 0.6) is 5.75 Å². The van der Waals surface area contributed by atoms with E-state index < -0.39 is 0 Å². The quantitative estimate of drug-likeness (QED) is 0.757. The molecule has 0 fully saturated rings. The van der Waals surface area contributed by atoms with E-state index in [0.29, 0.717) is 18.7 Å². The average molecular weight is 315 g/mol. The lowest BCUT2D eigenvalue weighted by molar-refractivity contribution is -0.120. The van der Waals surface area contributed by atoms with Gasteiger partial charge in [-0.3, -0.25) is 4.79 Å². The Bertz CT molecular complexity index is 643. The number of carbonyl (C=O) groups is 1. The third-order valence-electron chi connectivity index (χ3n) is 3.53. The van der Waals surface area contributed by atoms with E-state index in [9.17, 15) is 9.18 Å². The Morgan fingerprint density at radius 3 is 2.52 bits per heavy atom. The number of rotatable bonds is 8. The Morgan fingerprint density at radius 1 is 1.09 bits per heavy atom. The number of carbonyl (C=O) groups excluding carboxylic acids is 1. The predicted octanol–water partition coefficient (Wildman–Crippen LogP) is 3.52. The fraction of sp³-hybridized carbons (Fsp3) is 0.316. The molecule has 0 aliphatic carbocycles. The van der Waals surface area contributed by atoms with Crippen LogP contribution in [0.25, 0.3) is 0 Å². The van der Waals surface area contributed by atoms with E-state index in [-0.39, 0.29) is 18.1 Å². The maximum absolute atomic E-state index is 13.5. The van der Waals surface area contributed by atoms with Gasteiger partial charge >= 0.3 is 0 Å². The number of aryl methyl sites for hydroxylation is 1. The van der Waals surface area contributed by atoms with Crippen LogP contribution in [0.4, 0.5) is 4.39 Å². The van der Waals surface area contributed by atoms with Crippen molar-refractivity contribution in [3.8, 4) is 5.75 Å². The number of nitrogens with one attached hydrogen (secondary N) is 1. The minimum Gasteiger partial charge on any atom is -0.494 e. The minimum atomic E-state index is -0.340. The molecule has 0 spiro atoms. The highest BCUT2D eigenvalue weighted by Crippen LogP contribution is 2.19. The van der Waals surface area contributed by atoms with Crippen molar-refractivity contribution in [3.63, 3.8) is 0 Å². The van der Waals surface area contributed by atoms with Crippen LogP contribution in [0.1, 0.15) is 24.5 Å². The second kappa shape index (κ2) is 8.93. The van der Waals surface area contributed by atoms with Gasteiger partial charge in [-0.05, 0) is 43.0 Å². The first kappa shape index (κ1) is 17.0. The highest BCUT2D eigenvalue weighted by molar-refractivity contribution is 5.78. The zero-order valence-corrected chi connectivity index (χ0v) is 13.3. The maximum Gasteiger partial charge on any atom is 0.224 e. The summed E-state index contributed by atoms with van der Waals surface area (Å²) in [5, 5.41) is 2.83. The van der Waals surface area contributed by atoms with Gasteiger partial charge in [-0.2, -0.15) is 0 Å². The smallest absolute Gasteiger partial charge is 0.224 e. The molecule has 2 aromatic carbocycles. The van der Waals surface area contributed by atoms with Crippen LogP contribution in [-0.2, 0) is 17.6 Å². The van der Waals surface area contributed by atoms with Gasteiger partial charge in [-0.1, -0.05) is 36.4 Å². The molecule has 23 heavy (non-hydrogen) atoms. The topological polar surface area (TPSA) is 38.3 Å². The maximum atomic E-state index is 13.5. The largest absolute Gasteiger partial charge is 0.494 e. The van der Waals surface area contributed by atoms with E-state index in [1.165, 1.54) is 6.07 Å². The van der Waals surface area contributed by atoms with Gasteiger partial charge < -0.3 is 10.1 Å². The van der Waals surface area contributed by atoms with Crippen molar-refractivity contribution >= 4 is 5.91 Å². The van der Waals surface area contributed by atoms with Gasteiger partial charge in [0.15, 0.2) is 0 Å². The van der Waals surface area contributed by atoms with E-state index in [1.807, 2.05) is 31.2 Å². The van der Waals surface area contributed by atoms with Crippen molar-refractivity contribution in [2.24, 2.45) is 0 Å². The van der Waals surface area contributed by atoms with Crippen LogP contribution < -0.4 is 10.1 Å². The molecule has 2 rings (SSSR count). The van der Waals surface area contributed by atoms with Crippen molar-refractivity contribution in [1.82, 2.24) is 5.32 Å². The van der Waals surface area contributed by atoms with Gasteiger partial charge in [0.2, 0.25) is 5.91 Å².